The maximum absolute atomic E-state index is 12.0. The Morgan fingerprint density at radius 1 is 1.28 bits per heavy atom. The van der Waals surface area contributed by atoms with E-state index in [-0.39, 0.29) is 12.1 Å². The van der Waals surface area contributed by atoms with Crippen molar-refractivity contribution < 1.29 is 19.4 Å². The van der Waals surface area contributed by atoms with E-state index < -0.39 is 11.7 Å². The topological polar surface area (TPSA) is 80.7 Å². The molecule has 0 aliphatic heterocycles. The lowest BCUT2D eigenvalue weighted by Gasteiger charge is -2.31. The van der Waals surface area contributed by atoms with Gasteiger partial charge in [-0.25, -0.2) is 4.79 Å². The molecule has 1 atom stereocenters. The molecule has 1 fully saturated rings. The van der Waals surface area contributed by atoms with E-state index in [0.717, 1.165) is 42.1 Å². The molecule has 1 unspecified atom stereocenters. The number of aromatic nitrogens is 1. The minimum atomic E-state index is -0.548. The van der Waals surface area contributed by atoms with Gasteiger partial charge in [0.25, 0.3) is 0 Å². The lowest BCUT2D eigenvalue weighted by molar-refractivity contribution is 0.0479. The first kappa shape index (κ1) is 21.4. The highest BCUT2D eigenvalue weighted by Gasteiger charge is 2.26. The second kappa shape index (κ2) is 8.99. The predicted molar refractivity (Wildman–Crippen MR) is 113 cm³/mol. The zero-order valence-electron chi connectivity index (χ0n) is 17.8. The number of methoxy groups -OCH3 is 1. The van der Waals surface area contributed by atoms with Crippen molar-refractivity contribution in [3.8, 4) is 5.75 Å². The van der Waals surface area contributed by atoms with Gasteiger partial charge < -0.3 is 19.9 Å². The average Bonchev–Trinajstić information content (AvgIpc) is 2.67. The second-order valence-corrected chi connectivity index (χ2v) is 8.90. The molecule has 2 aromatic rings. The summed E-state index contributed by atoms with van der Waals surface area (Å²) in [6.07, 6.45) is 5.26. The number of hydrogen-bond acceptors (Lipinski definition) is 5. The first-order chi connectivity index (χ1) is 13.7. The van der Waals surface area contributed by atoms with Crippen molar-refractivity contribution in [1.29, 1.82) is 0 Å². The lowest BCUT2D eigenvalue weighted by atomic mass is 9.81. The van der Waals surface area contributed by atoms with Crippen LogP contribution in [0.3, 0.4) is 0 Å². The Labute approximate surface area is 172 Å². The first-order valence-corrected chi connectivity index (χ1v) is 10.4. The number of aliphatic hydroxyl groups is 1. The molecule has 0 saturated heterocycles. The number of nitrogens with one attached hydrogen (secondary N) is 1. The van der Waals surface area contributed by atoms with Gasteiger partial charge >= 0.3 is 6.09 Å². The molecule has 3 rings (SSSR count). The summed E-state index contributed by atoms with van der Waals surface area (Å²) in [5, 5.41) is 14.8. The van der Waals surface area contributed by atoms with Gasteiger partial charge in [0.1, 0.15) is 11.4 Å². The molecule has 0 spiro atoms. The average molecular weight is 401 g/mol. The van der Waals surface area contributed by atoms with Crippen molar-refractivity contribution in [1.82, 2.24) is 10.3 Å². The van der Waals surface area contributed by atoms with Crippen LogP contribution in [0, 0.1) is 5.92 Å². The smallest absolute Gasteiger partial charge is 0.407 e. The van der Waals surface area contributed by atoms with Crippen molar-refractivity contribution in [2.24, 2.45) is 5.92 Å². The monoisotopic (exact) mass is 400 g/mol. The molecule has 29 heavy (non-hydrogen) atoms. The van der Waals surface area contributed by atoms with Crippen LogP contribution in [-0.4, -0.2) is 34.9 Å². The molecule has 0 radical (unpaired) electrons. The molecule has 6 nitrogen and oxygen atoms in total. The number of benzene rings is 1. The van der Waals surface area contributed by atoms with E-state index in [1.165, 1.54) is 0 Å². The molecule has 2 N–H and O–H groups in total. The molecule has 1 aliphatic rings. The molecule has 1 aliphatic carbocycles. The van der Waals surface area contributed by atoms with Crippen molar-refractivity contribution in [3.05, 3.63) is 36.0 Å². The minimum Gasteiger partial charge on any atom is -0.495 e. The van der Waals surface area contributed by atoms with E-state index in [4.69, 9.17) is 9.47 Å². The fourth-order valence-corrected chi connectivity index (χ4v) is 4.01. The lowest BCUT2D eigenvalue weighted by Crippen LogP contribution is -2.41. The number of carbonyl (C=O) groups excluding carboxylic acids is 1. The fourth-order valence-electron chi connectivity index (χ4n) is 4.01. The minimum absolute atomic E-state index is 0.143. The van der Waals surface area contributed by atoms with Crippen molar-refractivity contribution in [2.45, 2.75) is 70.6 Å². The molecule has 1 saturated carbocycles. The molecule has 1 amide bonds. The van der Waals surface area contributed by atoms with Crippen molar-refractivity contribution in [2.75, 3.05) is 7.11 Å². The molecule has 6 heteroatoms. The normalized spacial score (nSPS) is 20.9. The highest BCUT2D eigenvalue weighted by atomic mass is 16.6. The van der Waals surface area contributed by atoms with Gasteiger partial charge in [0, 0.05) is 11.4 Å². The van der Waals surface area contributed by atoms with Gasteiger partial charge in [-0.05, 0) is 76.5 Å². The summed E-state index contributed by atoms with van der Waals surface area (Å²) in [5.41, 5.74) is 1.26. The van der Waals surface area contributed by atoms with Crippen LogP contribution >= 0.6 is 0 Å². The Morgan fingerprint density at radius 2 is 2.00 bits per heavy atom. The Balaban J connectivity index is 1.57. The standard InChI is InChI=1S/C23H32N2O4/c1-23(2,3)29-22(27)25-16-10-8-15(9-11-16)12-21(26)18-6-5-7-20-19(18)13-17(28-4)14-24-20/h5-7,13-16,21,26H,8-12H2,1-4H3,(H,25,27). The van der Waals surface area contributed by atoms with Crippen LogP contribution in [0.25, 0.3) is 10.9 Å². The van der Waals surface area contributed by atoms with E-state index in [2.05, 4.69) is 10.3 Å². The Bertz CT molecular complexity index is 838. The number of fused-ring (bicyclic) bond motifs is 1. The van der Waals surface area contributed by atoms with Gasteiger partial charge in [-0.3, -0.25) is 4.98 Å². The third kappa shape index (κ3) is 5.82. The number of carbonyl (C=O) groups is 1. The molecule has 1 heterocycles. The number of aliphatic hydroxyl groups excluding tert-OH is 1. The molecule has 1 aromatic carbocycles. The van der Waals surface area contributed by atoms with Gasteiger partial charge in [0.2, 0.25) is 0 Å². The molecular weight excluding hydrogens is 368 g/mol. The van der Waals surface area contributed by atoms with Gasteiger partial charge in [-0.15, -0.1) is 0 Å². The van der Waals surface area contributed by atoms with E-state index >= 15 is 0 Å². The quantitative estimate of drug-likeness (QED) is 0.757. The third-order valence-electron chi connectivity index (χ3n) is 5.45. The zero-order chi connectivity index (χ0) is 21.0. The molecule has 158 valence electrons. The van der Waals surface area contributed by atoms with Crippen molar-refractivity contribution >= 4 is 17.0 Å². The van der Waals surface area contributed by atoms with Gasteiger partial charge in [0.15, 0.2) is 0 Å². The molecule has 1 aromatic heterocycles. The van der Waals surface area contributed by atoms with Crippen LogP contribution in [0.1, 0.15) is 64.5 Å². The SMILES string of the molecule is COc1cnc2cccc(C(O)CC3CCC(NC(=O)OC(C)(C)C)CC3)c2c1. The number of amides is 1. The second-order valence-electron chi connectivity index (χ2n) is 8.90. The van der Waals surface area contributed by atoms with Crippen LogP contribution < -0.4 is 10.1 Å². The van der Waals surface area contributed by atoms with E-state index in [1.807, 2.05) is 45.0 Å². The van der Waals surface area contributed by atoms with Crippen LogP contribution in [0.4, 0.5) is 4.79 Å². The van der Waals surface area contributed by atoms with E-state index in [1.54, 1.807) is 13.3 Å². The number of alkyl carbamates (subject to hydrolysis) is 1. The highest BCUT2D eigenvalue weighted by Crippen LogP contribution is 2.35. The van der Waals surface area contributed by atoms with Crippen molar-refractivity contribution in [3.63, 3.8) is 0 Å². The van der Waals surface area contributed by atoms with Crippen LogP contribution in [0.5, 0.6) is 5.75 Å². The summed E-state index contributed by atoms with van der Waals surface area (Å²) in [6, 6.07) is 7.91. The number of rotatable bonds is 5. The summed E-state index contributed by atoms with van der Waals surface area (Å²) >= 11 is 0. The fraction of sp³-hybridized carbons (Fsp3) is 0.565. The van der Waals surface area contributed by atoms with Gasteiger partial charge in [0.05, 0.1) is 24.9 Å². The third-order valence-corrected chi connectivity index (χ3v) is 5.45. The van der Waals surface area contributed by atoms with Crippen LogP contribution in [0.2, 0.25) is 0 Å². The first-order valence-electron chi connectivity index (χ1n) is 10.4. The summed E-state index contributed by atoms with van der Waals surface area (Å²) in [5.74, 6) is 1.11. The maximum Gasteiger partial charge on any atom is 0.407 e. The molecule has 0 bridgehead atoms. The Hall–Kier alpha value is -2.34. The molecular formula is C23H32N2O4. The number of ether oxygens (including phenoxy) is 2. The van der Waals surface area contributed by atoms with E-state index in [0.29, 0.717) is 18.1 Å². The number of pyridine rings is 1. The summed E-state index contributed by atoms with van der Waals surface area (Å²) in [6.45, 7) is 5.59. The van der Waals surface area contributed by atoms with Gasteiger partial charge in [-0.1, -0.05) is 12.1 Å². The van der Waals surface area contributed by atoms with Crippen LogP contribution in [0.15, 0.2) is 30.5 Å². The highest BCUT2D eigenvalue weighted by molar-refractivity contribution is 5.83. The zero-order valence-corrected chi connectivity index (χ0v) is 17.8. The Morgan fingerprint density at radius 3 is 2.66 bits per heavy atom. The summed E-state index contributed by atoms with van der Waals surface area (Å²) in [7, 11) is 1.62. The number of nitrogens with zero attached hydrogens (tertiary/aromatic N) is 1. The number of hydrogen-bond donors (Lipinski definition) is 2. The summed E-state index contributed by atoms with van der Waals surface area (Å²) in [4.78, 5) is 16.4. The van der Waals surface area contributed by atoms with Crippen LogP contribution in [-0.2, 0) is 4.74 Å². The van der Waals surface area contributed by atoms with Gasteiger partial charge in [-0.2, -0.15) is 0 Å². The predicted octanol–water partition coefficient (Wildman–Crippen LogP) is 4.75. The maximum atomic E-state index is 12.0. The van der Waals surface area contributed by atoms with E-state index in [9.17, 15) is 9.90 Å². The Kier molecular flexibility index (Phi) is 6.63. The largest absolute Gasteiger partial charge is 0.495 e. The summed E-state index contributed by atoms with van der Waals surface area (Å²) < 4.78 is 10.6.